The van der Waals surface area contributed by atoms with Crippen LogP contribution in [0.25, 0.3) is 0 Å². The van der Waals surface area contributed by atoms with E-state index in [0.717, 1.165) is 36.8 Å². The fraction of sp³-hybridized carbons (Fsp3) is 0.310. The number of nitrogens with one attached hydrogen (secondary N) is 2. The molecule has 0 heterocycles. The highest BCUT2D eigenvalue weighted by molar-refractivity contribution is 5.87. The smallest absolute Gasteiger partial charge is 0.408 e. The quantitative estimate of drug-likeness (QED) is 0.420. The molecule has 0 saturated heterocycles. The molecule has 1 atom stereocenters. The molecule has 0 spiro atoms. The molecule has 4 rings (SSSR count). The Morgan fingerprint density at radius 1 is 0.771 bits per heavy atom. The second-order valence-corrected chi connectivity index (χ2v) is 8.83. The maximum Gasteiger partial charge on any atom is 0.408 e. The molecular formula is C29H32N2O4. The molecule has 0 unspecified atom stereocenters. The monoisotopic (exact) mass is 472 g/mol. The number of benzene rings is 3. The van der Waals surface area contributed by atoms with Gasteiger partial charge in [-0.05, 0) is 41.7 Å². The van der Waals surface area contributed by atoms with E-state index in [4.69, 9.17) is 9.47 Å². The summed E-state index contributed by atoms with van der Waals surface area (Å²) < 4.78 is 11.2. The summed E-state index contributed by atoms with van der Waals surface area (Å²) in [6.45, 7) is 0.589. The summed E-state index contributed by atoms with van der Waals surface area (Å²) in [6.07, 6.45) is 4.70. The van der Waals surface area contributed by atoms with Crippen LogP contribution in [0.15, 0.2) is 84.9 Å². The number of hydrogen-bond acceptors (Lipinski definition) is 4. The van der Waals surface area contributed by atoms with Gasteiger partial charge in [0, 0.05) is 6.04 Å². The van der Waals surface area contributed by atoms with Gasteiger partial charge in [-0.2, -0.15) is 0 Å². The lowest BCUT2D eigenvalue weighted by molar-refractivity contribution is -0.124. The Balaban J connectivity index is 1.41. The summed E-state index contributed by atoms with van der Waals surface area (Å²) >= 11 is 0. The van der Waals surface area contributed by atoms with Crippen LogP contribution in [0.1, 0.15) is 54.8 Å². The Bertz CT molecular complexity index is 1060. The Kier molecular flexibility index (Phi) is 8.76. The van der Waals surface area contributed by atoms with E-state index in [2.05, 4.69) is 10.6 Å². The normalized spacial score (nSPS) is 14.5. The van der Waals surface area contributed by atoms with E-state index in [1.807, 2.05) is 84.9 Å². The summed E-state index contributed by atoms with van der Waals surface area (Å²) in [5.74, 6) is 0.460. The molecule has 1 aliphatic rings. The van der Waals surface area contributed by atoms with Gasteiger partial charge in [-0.25, -0.2) is 4.79 Å². The first-order valence-corrected chi connectivity index (χ1v) is 12.2. The molecule has 35 heavy (non-hydrogen) atoms. The van der Waals surface area contributed by atoms with E-state index in [0.29, 0.717) is 17.9 Å². The molecule has 182 valence electrons. The van der Waals surface area contributed by atoms with Crippen LogP contribution in [0, 0.1) is 0 Å². The van der Waals surface area contributed by atoms with Gasteiger partial charge >= 0.3 is 6.09 Å². The molecule has 6 heteroatoms. The zero-order valence-corrected chi connectivity index (χ0v) is 19.8. The Labute approximate surface area is 206 Å². The highest BCUT2D eigenvalue weighted by Crippen LogP contribution is 2.22. The molecular weight excluding hydrogens is 440 g/mol. The lowest BCUT2D eigenvalue weighted by Crippen LogP contribution is -2.45. The second kappa shape index (κ2) is 12.6. The molecule has 0 aliphatic heterocycles. The van der Waals surface area contributed by atoms with Crippen molar-refractivity contribution in [2.24, 2.45) is 0 Å². The molecule has 1 aliphatic carbocycles. The summed E-state index contributed by atoms with van der Waals surface area (Å²) in [7, 11) is 0. The Morgan fingerprint density at radius 3 is 2.00 bits per heavy atom. The van der Waals surface area contributed by atoms with Crippen molar-refractivity contribution in [1.29, 1.82) is 0 Å². The standard InChI is InChI=1S/C29H32N2O4/c32-28(30-25-14-8-3-9-15-25)27(31-29(33)35-21-23-12-6-2-7-13-23)24-16-18-26(19-17-24)34-20-22-10-4-1-5-11-22/h1-2,4-7,10-13,16-19,25,27H,3,8-9,14-15,20-21H2,(H,30,32)(H,31,33)/t27-/m1/s1. The van der Waals surface area contributed by atoms with Crippen LogP contribution in [0.2, 0.25) is 0 Å². The highest BCUT2D eigenvalue weighted by atomic mass is 16.5. The van der Waals surface area contributed by atoms with Crippen molar-refractivity contribution in [3.8, 4) is 5.75 Å². The average Bonchev–Trinajstić information content (AvgIpc) is 2.91. The van der Waals surface area contributed by atoms with E-state index in [1.54, 1.807) is 0 Å². The van der Waals surface area contributed by atoms with Crippen LogP contribution in [-0.4, -0.2) is 18.0 Å². The number of carbonyl (C=O) groups excluding carboxylic acids is 2. The zero-order chi connectivity index (χ0) is 24.3. The summed E-state index contributed by atoms with van der Waals surface area (Å²) in [5.41, 5.74) is 2.62. The fourth-order valence-electron chi connectivity index (χ4n) is 4.21. The summed E-state index contributed by atoms with van der Waals surface area (Å²) in [5, 5.41) is 5.87. The van der Waals surface area contributed by atoms with Crippen LogP contribution in [0.5, 0.6) is 5.75 Å². The van der Waals surface area contributed by atoms with Crippen molar-refractivity contribution in [2.45, 2.75) is 57.4 Å². The molecule has 2 N–H and O–H groups in total. The van der Waals surface area contributed by atoms with Crippen molar-refractivity contribution in [3.05, 3.63) is 102 Å². The largest absolute Gasteiger partial charge is 0.489 e. The van der Waals surface area contributed by atoms with Crippen molar-refractivity contribution in [2.75, 3.05) is 0 Å². The van der Waals surface area contributed by atoms with Crippen LogP contribution in [0.4, 0.5) is 4.79 Å². The molecule has 0 bridgehead atoms. The topological polar surface area (TPSA) is 76.7 Å². The number of ether oxygens (including phenoxy) is 2. The van der Waals surface area contributed by atoms with Crippen molar-refractivity contribution in [3.63, 3.8) is 0 Å². The molecule has 2 amide bonds. The average molecular weight is 473 g/mol. The van der Waals surface area contributed by atoms with Crippen molar-refractivity contribution < 1.29 is 19.1 Å². The molecule has 1 fully saturated rings. The van der Waals surface area contributed by atoms with Crippen LogP contribution in [-0.2, 0) is 22.7 Å². The third-order valence-electron chi connectivity index (χ3n) is 6.15. The highest BCUT2D eigenvalue weighted by Gasteiger charge is 2.26. The molecule has 1 saturated carbocycles. The molecule has 0 aromatic heterocycles. The molecule has 0 radical (unpaired) electrons. The predicted octanol–water partition coefficient (Wildman–Crippen LogP) is 5.68. The van der Waals surface area contributed by atoms with E-state index >= 15 is 0 Å². The minimum Gasteiger partial charge on any atom is -0.489 e. The fourth-order valence-corrected chi connectivity index (χ4v) is 4.21. The Morgan fingerprint density at radius 2 is 1.37 bits per heavy atom. The lowest BCUT2D eigenvalue weighted by atomic mass is 9.95. The third kappa shape index (κ3) is 7.60. The van der Waals surface area contributed by atoms with Gasteiger partial charge in [0.15, 0.2) is 0 Å². The zero-order valence-electron chi connectivity index (χ0n) is 19.8. The van der Waals surface area contributed by atoms with Gasteiger partial charge in [0.25, 0.3) is 0 Å². The molecule has 3 aromatic carbocycles. The number of hydrogen-bond donors (Lipinski definition) is 2. The minimum atomic E-state index is -0.858. The summed E-state index contributed by atoms with van der Waals surface area (Å²) in [4.78, 5) is 25.8. The molecule has 6 nitrogen and oxygen atoms in total. The first-order chi connectivity index (χ1) is 17.2. The molecule has 3 aromatic rings. The maximum atomic E-state index is 13.2. The summed E-state index contributed by atoms with van der Waals surface area (Å²) in [6, 6.07) is 25.9. The van der Waals surface area contributed by atoms with Gasteiger partial charge in [-0.3, -0.25) is 4.79 Å². The third-order valence-corrected chi connectivity index (χ3v) is 6.15. The maximum absolute atomic E-state index is 13.2. The van der Waals surface area contributed by atoms with Crippen LogP contribution >= 0.6 is 0 Å². The van der Waals surface area contributed by atoms with Gasteiger partial charge in [0.2, 0.25) is 5.91 Å². The van der Waals surface area contributed by atoms with E-state index < -0.39 is 12.1 Å². The lowest BCUT2D eigenvalue weighted by Gasteiger charge is -2.26. The number of alkyl carbamates (subject to hydrolysis) is 1. The van der Waals surface area contributed by atoms with Gasteiger partial charge in [-0.1, -0.05) is 92.1 Å². The number of amides is 2. The van der Waals surface area contributed by atoms with Gasteiger partial charge < -0.3 is 20.1 Å². The van der Waals surface area contributed by atoms with Gasteiger partial charge in [-0.15, -0.1) is 0 Å². The van der Waals surface area contributed by atoms with E-state index in [9.17, 15) is 9.59 Å². The first-order valence-electron chi connectivity index (χ1n) is 12.2. The van der Waals surface area contributed by atoms with Gasteiger partial charge in [0.05, 0.1) is 0 Å². The number of carbonyl (C=O) groups is 2. The van der Waals surface area contributed by atoms with Crippen molar-refractivity contribution in [1.82, 2.24) is 10.6 Å². The first kappa shape index (κ1) is 24.3. The Hall–Kier alpha value is -3.80. The van der Waals surface area contributed by atoms with Crippen LogP contribution < -0.4 is 15.4 Å². The van der Waals surface area contributed by atoms with Crippen molar-refractivity contribution >= 4 is 12.0 Å². The van der Waals surface area contributed by atoms with Gasteiger partial charge in [0.1, 0.15) is 25.0 Å². The second-order valence-electron chi connectivity index (χ2n) is 8.83. The number of rotatable bonds is 9. The SMILES string of the molecule is O=C(N[C@@H](C(=O)NC1CCCCC1)c1ccc(OCc2ccccc2)cc1)OCc1ccccc1. The van der Waals surface area contributed by atoms with E-state index in [-0.39, 0.29) is 18.6 Å². The van der Waals surface area contributed by atoms with Crippen LogP contribution in [0.3, 0.4) is 0 Å². The predicted molar refractivity (Wildman–Crippen MR) is 135 cm³/mol. The van der Waals surface area contributed by atoms with E-state index in [1.165, 1.54) is 6.42 Å². The minimum absolute atomic E-state index is 0.134.